The molecule has 0 saturated carbocycles. The lowest BCUT2D eigenvalue weighted by Gasteiger charge is -2.08. The SMILES string of the molecule is NCCCCC(N)CCC(=O)O.NCCNCC(=O)O. The van der Waals surface area contributed by atoms with Crippen LogP contribution >= 0.6 is 0 Å². The van der Waals surface area contributed by atoms with E-state index in [9.17, 15) is 9.59 Å². The van der Waals surface area contributed by atoms with Crippen molar-refractivity contribution in [1.29, 1.82) is 0 Å². The Labute approximate surface area is 119 Å². The lowest BCUT2D eigenvalue weighted by Crippen LogP contribution is -2.27. The van der Waals surface area contributed by atoms with Gasteiger partial charge in [-0.05, 0) is 25.8 Å². The van der Waals surface area contributed by atoms with Gasteiger partial charge in [-0.15, -0.1) is 0 Å². The molecule has 0 aromatic rings. The van der Waals surface area contributed by atoms with Crippen LogP contribution in [0, 0.1) is 0 Å². The third-order valence-corrected chi connectivity index (χ3v) is 2.36. The predicted octanol–water partition coefficient (Wildman–Crippen LogP) is -1.07. The standard InChI is InChI=1S/C8H18N2O2.C4H10N2O2/c9-6-2-1-3-7(10)4-5-8(11)12;5-1-2-6-3-4(7)8/h7H,1-6,9-10H2,(H,11,12);6H,1-3,5H2,(H,7,8). The summed E-state index contributed by atoms with van der Waals surface area (Å²) < 4.78 is 0. The summed E-state index contributed by atoms with van der Waals surface area (Å²) in [7, 11) is 0. The Morgan fingerprint density at radius 2 is 1.65 bits per heavy atom. The van der Waals surface area contributed by atoms with Gasteiger partial charge >= 0.3 is 11.9 Å². The van der Waals surface area contributed by atoms with Gasteiger partial charge in [-0.1, -0.05) is 6.42 Å². The third kappa shape index (κ3) is 22.0. The first kappa shape index (κ1) is 21.1. The summed E-state index contributed by atoms with van der Waals surface area (Å²) in [6.07, 6.45) is 3.59. The van der Waals surface area contributed by atoms with Crippen molar-refractivity contribution in [3.8, 4) is 0 Å². The van der Waals surface area contributed by atoms with Crippen LogP contribution in [-0.4, -0.2) is 54.4 Å². The summed E-state index contributed by atoms with van der Waals surface area (Å²) in [5.41, 5.74) is 16.0. The number of hydrogen-bond acceptors (Lipinski definition) is 6. The molecule has 8 heteroatoms. The van der Waals surface area contributed by atoms with Gasteiger partial charge in [0.15, 0.2) is 0 Å². The van der Waals surface area contributed by atoms with E-state index in [1.165, 1.54) is 0 Å². The Hall–Kier alpha value is -1.22. The number of carbonyl (C=O) groups is 2. The highest BCUT2D eigenvalue weighted by molar-refractivity contribution is 5.68. The van der Waals surface area contributed by atoms with E-state index in [-0.39, 0.29) is 19.0 Å². The van der Waals surface area contributed by atoms with E-state index >= 15 is 0 Å². The monoisotopic (exact) mass is 292 g/mol. The number of carboxylic acids is 2. The van der Waals surface area contributed by atoms with E-state index in [0.717, 1.165) is 19.3 Å². The highest BCUT2D eigenvalue weighted by atomic mass is 16.4. The van der Waals surface area contributed by atoms with Gasteiger partial charge in [-0.2, -0.15) is 0 Å². The molecule has 0 saturated heterocycles. The Bertz CT molecular complexity index is 252. The predicted molar refractivity (Wildman–Crippen MR) is 77.3 cm³/mol. The zero-order valence-electron chi connectivity index (χ0n) is 11.9. The van der Waals surface area contributed by atoms with Crippen LogP contribution in [-0.2, 0) is 9.59 Å². The van der Waals surface area contributed by atoms with Crippen LogP contribution in [0.25, 0.3) is 0 Å². The summed E-state index contributed by atoms with van der Waals surface area (Å²) >= 11 is 0. The van der Waals surface area contributed by atoms with Gasteiger partial charge in [0.25, 0.3) is 0 Å². The molecule has 0 spiro atoms. The Morgan fingerprint density at radius 3 is 2.10 bits per heavy atom. The van der Waals surface area contributed by atoms with E-state index in [4.69, 9.17) is 27.4 Å². The van der Waals surface area contributed by atoms with Gasteiger partial charge in [-0.3, -0.25) is 9.59 Å². The van der Waals surface area contributed by atoms with Crippen LogP contribution < -0.4 is 22.5 Å². The second-order valence-electron chi connectivity index (χ2n) is 4.34. The molecule has 8 nitrogen and oxygen atoms in total. The molecule has 9 N–H and O–H groups in total. The molecular formula is C12H28N4O4. The van der Waals surface area contributed by atoms with Gasteiger partial charge in [-0.25, -0.2) is 0 Å². The zero-order valence-corrected chi connectivity index (χ0v) is 11.9. The molecule has 120 valence electrons. The summed E-state index contributed by atoms with van der Waals surface area (Å²) in [5.74, 6) is -1.62. The fourth-order valence-electron chi connectivity index (χ4n) is 1.30. The molecule has 0 aromatic carbocycles. The number of rotatable bonds is 11. The lowest BCUT2D eigenvalue weighted by atomic mass is 10.1. The van der Waals surface area contributed by atoms with Gasteiger partial charge in [0.05, 0.1) is 6.54 Å². The minimum atomic E-state index is -0.849. The van der Waals surface area contributed by atoms with Gasteiger partial charge in [0.1, 0.15) is 0 Å². The van der Waals surface area contributed by atoms with Crippen LogP contribution in [0.5, 0.6) is 0 Å². The van der Waals surface area contributed by atoms with Gasteiger partial charge in [0, 0.05) is 25.6 Å². The highest BCUT2D eigenvalue weighted by Gasteiger charge is 2.04. The van der Waals surface area contributed by atoms with E-state index in [0.29, 0.717) is 26.1 Å². The quantitative estimate of drug-likeness (QED) is 0.262. The summed E-state index contributed by atoms with van der Waals surface area (Å²) in [6, 6.07) is 0.0210. The van der Waals surface area contributed by atoms with E-state index in [1.807, 2.05) is 0 Å². The summed E-state index contributed by atoms with van der Waals surface area (Å²) in [4.78, 5) is 19.9. The highest BCUT2D eigenvalue weighted by Crippen LogP contribution is 2.03. The summed E-state index contributed by atoms with van der Waals surface area (Å²) in [6.45, 7) is 1.72. The molecule has 0 rings (SSSR count). The molecule has 0 heterocycles. The molecule has 1 atom stereocenters. The molecule has 0 aliphatic heterocycles. The van der Waals surface area contributed by atoms with Crippen molar-refractivity contribution < 1.29 is 19.8 Å². The molecule has 0 radical (unpaired) electrons. The number of nitrogens with two attached hydrogens (primary N) is 3. The van der Waals surface area contributed by atoms with Crippen LogP contribution in [0.3, 0.4) is 0 Å². The van der Waals surface area contributed by atoms with Crippen LogP contribution in [0.2, 0.25) is 0 Å². The van der Waals surface area contributed by atoms with Crippen molar-refractivity contribution in [3.05, 3.63) is 0 Å². The topological polar surface area (TPSA) is 165 Å². The first-order valence-corrected chi connectivity index (χ1v) is 6.74. The van der Waals surface area contributed by atoms with Crippen LogP contribution in [0.4, 0.5) is 0 Å². The minimum absolute atomic E-state index is 0.00278. The fraction of sp³-hybridized carbons (Fsp3) is 0.833. The maximum Gasteiger partial charge on any atom is 0.317 e. The van der Waals surface area contributed by atoms with E-state index in [1.54, 1.807) is 0 Å². The van der Waals surface area contributed by atoms with Crippen molar-refractivity contribution in [3.63, 3.8) is 0 Å². The normalized spacial score (nSPS) is 11.3. The molecule has 0 amide bonds. The molecule has 1 unspecified atom stereocenters. The molecule has 0 aliphatic rings. The Balaban J connectivity index is 0. The van der Waals surface area contributed by atoms with Gasteiger partial charge < -0.3 is 32.7 Å². The average molecular weight is 292 g/mol. The second kappa shape index (κ2) is 15.8. The van der Waals surface area contributed by atoms with Crippen molar-refractivity contribution in [2.45, 2.75) is 38.1 Å². The summed E-state index contributed by atoms with van der Waals surface area (Å²) in [5, 5.41) is 19.0. The van der Waals surface area contributed by atoms with Crippen molar-refractivity contribution in [2.24, 2.45) is 17.2 Å². The molecule has 20 heavy (non-hydrogen) atoms. The molecule has 0 bridgehead atoms. The van der Waals surface area contributed by atoms with Gasteiger partial charge in [0.2, 0.25) is 0 Å². The largest absolute Gasteiger partial charge is 0.481 e. The molecule has 0 aliphatic carbocycles. The van der Waals surface area contributed by atoms with E-state index < -0.39 is 11.9 Å². The Kier molecular flexibility index (Phi) is 16.7. The molecule has 0 fully saturated rings. The van der Waals surface area contributed by atoms with E-state index in [2.05, 4.69) is 5.32 Å². The minimum Gasteiger partial charge on any atom is -0.481 e. The van der Waals surface area contributed by atoms with Crippen molar-refractivity contribution in [1.82, 2.24) is 5.32 Å². The van der Waals surface area contributed by atoms with Crippen molar-refractivity contribution >= 4 is 11.9 Å². The van der Waals surface area contributed by atoms with Crippen molar-refractivity contribution in [2.75, 3.05) is 26.2 Å². The lowest BCUT2D eigenvalue weighted by molar-refractivity contribution is -0.137. The maximum absolute atomic E-state index is 10.2. The molecular weight excluding hydrogens is 264 g/mol. The number of unbranched alkanes of at least 4 members (excludes halogenated alkanes) is 1. The number of nitrogens with one attached hydrogen (secondary N) is 1. The average Bonchev–Trinajstić information content (AvgIpc) is 2.37. The Morgan fingerprint density at radius 1 is 1.00 bits per heavy atom. The zero-order chi connectivity index (χ0) is 15.8. The third-order valence-electron chi connectivity index (χ3n) is 2.36. The van der Waals surface area contributed by atoms with Crippen LogP contribution in [0.15, 0.2) is 0 Å². The first-order valence-electron chi connectivity index (χ1n) is 6.74. The number of aliphatic carboxylic acids is 2. The maximum atomic E-state index is 10.2. The first-order chi connectivity index (χ1) is 9.43. The number of carboxylic acid groups (broad SMARTS) is 2. The smallest absolute Gasteiger partial charge is 0.317 e. The molecule has 0 aromatic heterocycles. The van der Waals surface area contributed by atoms with Crippen LogP contribution in [0.1, 0.15) is 32.1 Å². The second-order valence-corrected chi connectivity index (χ2v) is 4.34. The fourth-order valence-corrected chi connectivity index (χ4v) is 1.30. The number of hydrogen-bond donors (Lipinski definition) is 6.